The first-order valence-electron chi connectivity index (χ1n) is 12.7. The largest absolute Gasteiger partial charge is 0.458 e. The molecule has 222 valence electrons. The Bertz CT molecular complexity index is 2020. The van der Waals surface area contributed by atoms with Gasteiger partial charge in [0.15, 0.2) is 5.82 Å². The van der Waals surface area contributed by atoms with Gasteiger partial charge in [-0.2, -0.15) is 13.2 Å². The van der Waals surface area contributed by atoms with Crippen molar-refractivity contribution in [2.45, 2.75) is 13.1 Å². The van der Waals surface area contributed by atoms with Gasteiger partial charge in [-0.05, 0) is 83.1 Å². The monoisotopic (exact) mass is 614 g/mol. The van der Waals surface area contributed by atoms with Crippen LogP contribution in [-0.4, -0.2) is 6.18 Å². The van der Waals surface area contributed by atoms with Gasteiger partial charge in [-0.25, -0.2) is 30.7 Å². The fourth-order valence-corrected chi connectivity index (χ4v) is 4.62. The Morgan fingerprint density at radius 3 is 1.80 bits per heavy atom. The minimum Gasteiger partial charge on any atom is -0.206 e. The molecule has 0 nitrogen and oxygen atoms in total. The summed E-state index contributed by atoms with van der Waals surface area (Å²) < 4.78 is 140. The van der Waals surface area contributed by atoms with Gasteiger partial charge in [-0.15, -0.1) is 0 Å². The van der Waals surface area contributed by atoms with Crippen LogP contribution in [0.2, 0.25) is 0 Å². The van der Waals surface area contributed by atoms with Gasteiger partial charge in [0, 0.05) is 22.6 Å². The number of aryl methyl sites for hydroxylation is 1. The van der Waals surface area contributed by atoms with Crippen LogP contribution in [0.1, 0.15) is 22.3 Å². The van der Waals surface area contributed by atoms with Crippen molar-refractivity contribution in [3.8, 4) is 34.1 Å². The number of halogens is 10. The van der Waals surface area contributed by atoms with Crippen molar-refractivity contribution in [2.75, 3.05) is 0 Å². The molecule has 0 radical (unpaired) electrons. The Hall–Kier alpha value is -5.04. The highest BCUT2D eigenvalue weighted by atomic mass is 19.4. The highest BCUT2D eigenvalue weighted by Crippen LogP contribution is 2.33. The molecule has 0 aliphatic heterocycles. The molecule has 0 aliphatic rings. The number of hydrogen-bond acceptors (Lipinski definition) is 0. The molecule has 0 aromatic heterocycles. The average molecular weight is 614 g/mol. The normalized spacial score (nSPS) is 11.7. The molecule has 0 atom stereocenters. The third-order valence-corrected chi connectivity index (χ3v) is 6.67. The van der Waals surface area contributed by atoms with Crippen molar-refractivity contribution < 1.29 is 43.9 Å². The number of hydrogen-bond donors (Lipinski definition) is 0. The zero-order valence-electron chi connectivity index (χ0n) is 22.3. The minimum atomic E-state index is -5.04. The first-order chi connectivity index (χ1) is 20.7. The van der Waals surface area contributed by atoms with Crippen LogP contribution in [0, 0.1) is 59.5 Å². The van der Waals surface area contributed by atoms with E-state index in [1.54, 1.807) is 13.0 Å². The van der Waals surface area contributed by atoms with Crippen molar-refractivity contribution in [3.05, 3.63) is 130 Å². The Balaban J connectivity index is 1.45. The van der Waals surface area contributed by atoms with E-state index in [9.17, 15) is 39.5 Å². The summed E-state index contributed by atoms with van der Waals surface area (Å²) in [4.78, 5) is 0. The second kappa shape index (κ2) is 11.6. The van der Waals surface area contributed by atoms with Gasteiger partial charge in [-0.1, -0.05) is 36.3 Å². The minimum absolute atomic E-state index is 0.00719. The van der Waals surface area contributed by atoms with Crippen LogP contribution in [0.5, 0.6) is 0 Å². The first kappa shape index (κ1) is 30.4. The summed E-state index contributed by atoms with van der Waals surface area (Å²) >= 11 is 0. The zero-order valence-corrected chi connectivity index (χ0v) is 22.3. The van der Waals surface area contributed by atoms with Crippen LogP contribution in [0.4, 0.5) is 43.9 Å². The summed E-state index contributed by atoms with van der Waals surface area (Å²) in [5.74, 6) is -5.91. The van der Waals surface area contributed by atoms with Crippen LogP contribution < -0.4 is 0 Å². The lowest BCUT2D eigenvalue weighted by Gasteiger charge is -2.10. The van der Waals surface area contributed by atoms with Gasteiger partial charge in [0.25, 0.3) is 0 Å². The van der Waals surface area contributed by atoms with Crippen molar-refractivity contribution in [3.63, 3.8) is 0 Å². The number of benzene rings is 5. The van der Waals surface area contributed by atoms with Gasteiger partial charge < -0.3 is 0 Å². The molecule has 0 saturated heterocycles. The Labute approximate surface area is 243 Å². The highest BCUT2D eigenvalue weighted by molar-refractivity contribution is 5.90. The SMILES string of the molecule is Cc1ccc(-c2cc(F)c(/C=C/c3ccc(-c4cc(F)c5c(F)c(C#CC(F)(F)F)c(F)cc5c4)c(F)c3)c(F)c2)c(F)c1. The van der Waals surface area contributed by atoms with Crippen LogP contribution in [0.3, 0.4) is 0 Å². The third-order valence-electron chi connectivity index (χ3n) is 6.67. The molecular weight excluding hydrogens is 598 g/mol. The summed E-state index contributed by atoms with van der Waals surface area (Å²) in [7, 11) is 0. The lowest BCUT2D eigenvalue weighted by molar-refractivity contribution is -0.0696. The van der Waals surface area contributed by atoms with Crippen LogP contribution in [-0.2, 0) is 0 Å². The fraction of sp³-hybridized carbons (Fsp3) is 0.0588. The molecule has 0 unspecified atom stereocenters. The van der Waals surface area contributed by atoms with E-state index in [1.807, 2.05) is 0 Å². The van der Waals surface area contributed by atoms with Crippen LogP contribution >= 0.6 is 0 Å². The maximum atomic E-state index is 15.1. The lowest BCUT2D eigenvalue weighted by atomic mass is 9.97. The maximum absolute atomic E-state index is 15.1. The smallest absolute Gasteiger partial charge is 0.206 e. The summed E-state index contributed by atoms with van der Waals surface area (Å²) in [6.45, 7) is 1.67. The molecule has 0 heterocycles. The molecule has 44 heavy (non-hydrogen) atoms. The lowest BCUT2D eigenvalue weighted by Crippen LogP contribution is -2.03. The van der Waals surface area contributed by atoms with Gasteiger partial charge in [0.2, 0.25) is 0 Å². The molecule has 0 N–H and O–H groups in total. The molecule has 0 amide bonds. The molecule has 5 aromatic carbocycles. The Morgan fingerprint density at radius 1 is 0.591 bits per heavy atom. The second-order valence-corrected chi connectivity index (χ2v) is 9.76. The van der Waals surface area contributed by atoms with Crippen LogP contribution in [0.25, 0.3) is 45.2 Å². The summed E-state index contributed by atoms with van der Waals surface area (Å²) in [5, 5.41) is -1.22. The van der Waals surface area contributed by atoms with Crippen molar-refractivity contribution >= 4 is 22.9 Å². The number of rotatable bonds is 4. The van der Waals surface area contributed by atoms with Crippen molar-refractivity contribution in [1.82, 2.24) is 0 Å². The van der Waals surface area contributed by atoms with Gasteiger partial charge in [0.1, 0.15) is 34.9 Å². The van der Waals surface area contributed by atoms with Crippen molar-refractivity contribution in [1.29, 1.82) is 0 Å². The quantitative estimate of drug-likeness (QED) is 0.107. The molecule has 10 heteroatoms. The molecule has 5 rings (SSSR count). The fourth-order valence-electron chi connectivity index (χ4n) is 4.62. The third kappa shape index (κ3) is 6.18. The van der Waals surface area contributed by atoms with E-state index in [4.69, 9.17) is 0 Å². The standard InChI is InChI=1S/C34H16F10/c1-17-2-5-22(26(35)10-17)20-13-28(37)24(29(38)14-20)7-4-18-3-6-23(27(36)11-18)19-12-21-16-30(39)25(8-9-34(42,43)44)33(41)32(21)31(40)15-19/h2-7,10-16H,1H3/b7-4+. The topological polar surface area (TPSA) is 0 Å². The zero-order chi connectivity index (χ0) is 31.9. The predicted octanol–water partition coefficient (Wildman–Crippen LogP) is 10.5. The Morgan fingerprint density at radius 2 is 1.18 bits per heavy atom. The predicted molar refractivity (Wildman–Crippen MR) is 148 cm³/mol. The molecule has 5 aromatic rings. The van der Waals surface area contributed by atoms with E-state index >= 15 is 4.39 Å². The molecule has 0 aliphatic carbocycles. The molecule has 0 saturated carbocycles. The highest BCUT2D eigenvalue weighted by Gasteiger charge is 2.24. The molecular formula is C34H16F10. The van der Waals surface area contributed by atoms with E-state index in [1.165, 1.54) is 36.3 Å². The first-order valence-corrected chi connectivity index (χ1v) is 12.7. The number of alkyl halides is 3. The van der Waals surface area contributed by atoms with E-state index < -0.39 is 68.8 Å². The van der Waals surface area contributed by atoms with E-state index in [0.717, 1.165) is 42.3 Å². The Kier molecular flexibility index (Phi) is 8.00. The molecule has 0 fully saturated rings. The van der Waals surface area contributed by atoms with E-state index in [2.05, 4.69) is 0 Å². The van der Waals surface area contributed by atoms with E-state index in [0.29, 0.717) is 11.6 Å². The number of fused-ring (bicyclic) bond motifs is 1. The average Bonchev–Trinajstić information content (AvgIpc) is 2.91. The van der Waals surface area contributed by atoms with Gasteiger partial charge in [-0.3, -0.25) is 0 Å². The second-order valence-electron chi connectivity index (χ2n) is 9.76. The van der Waals surface area contributed by atoms with Crippen molar-refractivity contribution in [2.24, 2.45) is 0 Å². The summed E-state index contributed by atoms with van der Waals surface area (Å²) in [5.41, 5.74) is -1.32. The van der Waals surface area contributed by atoms with E-state index in [-0.39, 0.29) is 27.8 Å². The van der Waals surface area contributed by atoms with Gasteiger partial charge >= 0.3 is 6.18 Å². The molecule has 0 spiro atoms. The summed E-state index contributed by atoms with van der Waals surface area (Å²) in [6.07, 6.45) is -2.78. The van der Waals surface area contributed by atoms with Crippen LogP contribution in [0.15, 0.2) is 66.7 Å². The summed E-state index contributed by atoms with van der Waals surface area (Å²) in [6, 6.07) is 12.0. The van der Waals surface area contributed by atoms with Gasteiger partial charge in [0.05, 0.1) is 10.9 Å². The molecule has 0 bridgehead atoms. The maximum Gasteiger partial charge on any atom is 0.458 e.